The van der Waals surface area contributed by atoms with Crippen molar-refractivity contribution in [3.63, 3.8) is 0 Å². The maximum Gasteiger partial charge on any atom is 0.326 e. The van der Waals surface area contributed by atoms with Crippen LogP contribution in [0.4, 0.5) is 0 Å². The fraction of sp³-hybridized carbons (Fsp3) is 0.909. The van der Waals surface area contributed by atoms with Gasteiger partial charge in [0.1, 0.15) is 5.54 Å². The molecule has 0 aromatic heterocycles. The van der Waals surface area contributed by atoms with Crippen LogP contribution >= 0.6 is 0 Å². The third kappa shape index (κ3) is 3.35. The number of carbonyl (C=O) groups is 1. The van der Waals surface area contributed by atoms with Gasteiger partial charge in [0, 0.05) is 18.0 Å². The van der Waals surface area contributed by atoms with Crippen molar-refractivity contribution in [1.29, 1.82) is 0 Å². The van der Waals surface area contributed by atoms with Gasteiger partial charge < -0.3 is 10.1 Å². The van der Waals surface area contributed by atoms with Crippen LogP contribution in [-0.2, 0) is 9.53 Å². The Labute approximate surface area is 101 Å². The molecule has 0 heterocycles. The van der Waals surface area contributed by atoms with E-state index in [1.807, 2.05) is 0 Å². The fourth-order valence-corrected chi connectivity index (χ4v) is 2.53. The van der Waals surface area contributed by atoms with Crippen LogP contribution in [0.1, 0.15) is 33.1 Å². The summed E-state index contributed by atoms with van der Waals surface area (Å²) < 4.78 is 4.88. The molecule has 0 radical (unpaired) electrons. The average Bonchev–Trinajstić information content (AvgIpc) is 2.61. The number of rotatable bonds is 5. The number of esters is 1. The third-order valence-electron chi connectivity index (χ3n) is 3.32. The van der Waals surface area contributed by atoms with E-state index in [4.69, 9.17) is 10.3 Å². The zero-order chi connectivity index (χ0) is 12.9. The molecule has 6 nitrogen and oxygen atoms in total. The summed E-state index contributed by atoms with van der Waals surface area (Å²) in [6.07, 6.45) is 2.50. The normalized spacial score (nSPS) is 26.3. The van der Waals surface area contributed by atoms with Gasteiger partial charge in [-0.25, -0.2) is 0 Å². The van der Waals surface area contributed by atoms with Crippen LogP contribution in [0.2, 0.25) is 0 Å². The van der Waals surface area contributed by atoms with Crippen molar-refractivity contribution in [3.8, 4) is 0 Å². The summed E-state index contributed by atoms with van der Waals surface area (Å²) in [6, 6.07) is 0. The maximum absolute atomic E-state index is 11.9. The summed E-state index contributed by atoms with van der Waals surface area (Å²) in [5.41, 5.74) is 7.73. The summed E-state index contributed by atoms with van der Waals surface area (Å²) in [4.78, 5) is 14.6. The minimum absolute atomic E-state index is 0.139. The van der Waals surface area contributed by atoms with Crippen LogP contribution in [0, 0.1) is 5.41 Å². The molecule has 1 N–H and O–H groups in total. The lowest BCUT2D eigenvalue weighted by atomic mass is 9.87. The lowest BCUT2D eigenvalue weighted by Crippen LogP contribution is -2.52. The molecule has 1 aliphatic carbocycles. The van der Waals surface area contributed by atoms with Gasteiger partial charge in [-0.15, -0.1) is 0 Å². The van der Waals surface area contributed by atoms with Gasteiger partial charge >= 0.3 is 5.97 Å². The minimum Gasteiger partial charge on any atom is -0.468 e. The molecule has 1 saturated carbocycles. The van der Waals surface area contributed by atoms with Crippen molar-refractivity contribution in [2.45, 2.75) is 38.6 Å². The van der Waals surface area contributed by atoms with Crippen LogP contribution in [0.3, 0.4) is 0 Å². The van der Waals surface area contributed by atoms with E-state index >= 15 is 0 Å². The third-order valence-corrected chi connectivity index (χ3v) is 3.32. The van der Waals surface area contributed by atoms with E-state index in [0.29, 0.717) is 13.1 Å². The van der Waals surface area contributed by atoms with Gasteiger partial charge in [-0.1, -0.05) is 19.0 Å². The molecule has 0 aromatic carbocycles. The van der Waals surface area contributed by atoms with Gasteiger partial charge in [-0.2, -0.15) is 0 Å². The number of methoxy groups -OCH3 is 1. The number of nitrogens with zero attached hydrogens (tertiary/aromatic N) is 3. The van der Waals surface area contributed by atoms with Gasteiger partial charge in [0.2, 0.25) is 0 Å². The average molecular weight is 240 g/mol. The van der Waals surface area contributed by atoms with Gasteiger partial charge in [0.25, 0.3) is 0 Å². The fourth-order valence-electron chi connectivity index (χ4n) is 2.53. The zero-order valence-corrected chi connectivity index (χ0v) is 10.7. The number of carbonyl (C=O) groups excluding carboxylic acids is 1. The van der Waals surface area contributed by atoms with Crippen LogP contribution in [-0.4, -0.2) is 31.7 Å². The van der Waals surface area contributed by atoms with E-state index in [9.17, 15) is 4.79 Å². The van der Waals surface area contributed by atoms with Gasteiger partial charge in [0.05, 0.1) is 7.11 Å². The Morgan fingerprint density at radius 2 is 2.24 bits per heavy atom. The highest BCUT2D eigenvalue weighted by Gasteiger charge is 2.48. The molecular weight excluding hydrogens is 220 g/mol. The van der Waals surface area contributed by atoms with E-state index in [1.165, 1.54) is 7.11 Å². The molecule has 1 fully saturated rings. The Hall–Kier alpha value is -1.26. The first-order valence-corrected chi connectivity index (χ1v) is 5.80. The SMILES string of the molecule is COC(=O)C1(NCCN=[N+]=[N-])CCC(C)(C)C1. The van der Waals surface area contributed by atoms with Crippen LogP contribution in [0.15, 0.2) is 5.11 Å². The molecule has 0 spiro atoms. The Balaban J connectivity index is 2.68. The first-order valence-electron chi connectivity index (χ1n) is 5.80. The predicted octanol–water partition coefficient (Wildman–Crippen LogP) is 2.01. The second-order valence-electron chi connectivity index (χ2n) is 5.30. The first-order chi connectivity index (χ1) is 7.96. The van der Waals surface area contributed by atoms with Crippen LogP contribution in [0.25, 0.3) is 10.4 Å². The summed E-state index contributed by atoms with van der Waals surface area (Å²) in [5.74, 6) is -0.219. The summed E-state index contributed by atoms with van der Waals surface area (Å²) in [6.45, 7) is 5.13. The van der Waals surface area contributed by atoms with Crippen LogP contribution < -0.4 is 5.32 Å². The standard InChI is InChI=1S/C11H20N4O2/c1-10(2)4-5-11(8-10,9(16)17-3)13-6-7-14-15-12/h13H,4-8H2,1-3H3. The van der Waals surface area contributed by atoms with Crippen molar-refractivity contribution in [1.82, 2.24) is 5.32 Å². The summed E-state index contributed by atoms with van der Waals surface area (Å²) in [5, 5.41) is 6.65. The summed E-state index contributed by atoms with van der Waals surface area (Å²) >= 11 is 0. The largest absolute Gasteiger partial charge is 0.468 e. The Morgan fingerprint density at radius 1 is 1.53 bits per heavy atom. The second kappa shape index (κ2) is 5.38. The number of hydrogen-bond donors (Lipinski definition) is 1. The highest BCUT2D eigenvalue weighted by molar-refractivity contribution is 5.81. The topological polar surface area (TPSA) is 87.1 Å². The molecule has 0 amide bonds. The molecule has 1 atom stereocenters. The smallest absolute Gasteiger partial charge is 0.326 e. The van der Waals surface area contributed by atoms with E-state index in [1.54, 1.807) is 0 Å². The van der Waals surface area contributed by atoms with Crippen molar-refractivity contribution in [2.24, 2.45) is 10.5 Å². The van der Waals surface area contributed by atoms with Crippen LogP contribution in [0.5, 0.6) is 0 Å². The molecule has 1 aliphatic rings. The minimum atomic E-state index is -0.608. The summed E-state index contributed by atoms with van der Waals surface area (Å²) in [7, 11) is 1.41. The lowest BCUT2D eigenvalue weighted by Gasteiger charge is -2.29. The Morgan fingerprint density at radius 3 is 2.71 bits per heavy atom. The van der Waals surface area contributed by atoms with Gasteiger partial charge in [-0.05, 0) is 30.2 Å². The molecule has 0 aliphatic heterocycles. The maximum atomic E-state index is 11.9. The Bertz CT molecular complexity index is 336. The molecule has 96 valence electrons. The lowest BCUT2D eigenvalue weighted by molar-refractivity contribution is -0.148. The number of nitrogens with one attached hydrogen (secondary N) is 1. The predicted molar refractivity (Wildman–Crippen MR) is 64.4 cm³/mol. The molecule has 1 rings (SSSR count). The monoisotopic (exact) mass is 240 g/mol. The quantitative estimate of drug-likeness (QED) is 0.262. The van der Waals surface area contributed by atoms with Crippen molar-refractivity contribution in [2.75, 3.05) is 20.2 Å². The first kappa shape index (κ1) is 13.8. The van der Waals surface area contributed by atoms with E-state index in [2.05, 4.69) is 29.2 Å². The van der Waals surface area contributed by atoms with Gasteiger partial charge in [-0.3, -0.25) is 4.79 Å². The van der Waals surface area contributed by atoms with E-state index < -0.39 is 5.54 Å². The molecule has 1 unspecified atom stereocenters. The van der Waals surface area contributed by atoms with Crippen molar-refractivity contribution < 1.29 is 9.53 Å². The molecule has 6 heteroatoms. The highest BCUT2D eigenvalue weighted by Crippen LogP contribution is 2.44. The van der Waals surface area contributed by atoms with E-state index in [0.717, 1.165) is 19.3 Å². The number of azide groups is 1. The van der Waals surface area contributed by atoms with Crippen molar-refractivity contribution in [3.05, 3.63) is 10.4 Å². The van der Waals surface area contributed by atoms with Gasteiger partial charge in [0.15, 0.2) is 0 Å². The highest BCUT2D eigenvalue weighted by atomic mass is 16.5. The molecule has 17 heavy (non-hydrogen) atoms. The zero-order valence-electron chi connectivity index (χ0n) is 10.7. The Kier molecular flexibility index (Phi) is 4.37. The number of ether oxygens (including phenoxy) is 1. The number of hydrogen-bond acceptors (Lipinski definition) is 4. The molecule has 0 aromatic rings. The molecule has 0 saturated heterocycles. The van der Waals surface area contributed by atoms with E-state index in [-0.39, 0.29) is 11.4 Å². The second-order valence-corrected chi connectivity index (χ2v) is 5.30. The molecular formula is C11H20N4O2. The van der Waals surface area contributed by atoms with Crippen molar-refractivity contribution >= 4 is 5.97 Å². The molecule has 0 bridgehead atoms.